The molecule has 0 aliphatic heterocycles. The summed E-state index contributed by atoms with van der Waals surface area (Å²) in [5.41, 5.74) is -0.0648. The molecule has 1 rings (SSSR count). The maximum absolute atomic E-state index is 12.2. The lowest BCUT2D eigenvalue weighted by atomic mass is 10.1. The van der Waals surface area contributed by atoms with E-state index in [1.807, 2.05) is 27.7 Å². The van der Waals surface area contributed by atoms with E-state index < -0.39 is 5.97 Å². The molecule has 0 heterocycles. The second-order valence-electron chi connectivity index (χ2n) is 7.17. The van der Waals surface area contributed by atoms with Crippen molar-refractivity contribution in [2.24, 2.45) is 5.92 Å². The number of hydrogen-bond acceptors (Lipinski definition) is 5. The fraction of sp³-hybridized carbons (Fsp3) is 0.579. The molecule has 1 aromatic rings. The average molecular weight is 351 g/mol. The van der Waals surface area contributed by atoms with Gasteiger partial charge in [0, 0.05) is 5.54 Å². The Labute approximate surface area is 149 Å². The molecule has 0 fully saturated rings. The molecule has 0 aliphatic rings. The zero-order chi connectivity index (χ0) is 19.0. The van der Waals surface area contributed by atoms with E-state index in [9.17, 15) is 9.59 Å². The summed E-state index contributed by atoms with van der Waals surface area (Å²) < 4.78 is 16.3. The Hall–Kier alpha value is -2.24. The van der Waals surface area contributed by atoms with Crippen molar-refractivity contribution in [1.29, 1.82) is 0 Å². The summed E-state index contributed by atoms with van der Waals surface area (Å²) in [6.07, 6.45) is 0. The zero-order valence-electron chi connectivity index (χ0n) is 16.0. The molecular formula is C19H29NO5. The molecule has 25 heavy (non-hydrogen) atoms. The van der Waals surface area contributed by atoms with Crippen molar-refractivity contribution < 1.29 is 23.8 Å². The van der Waals surface area contributed by atoms with E-state index in [-0.39, 0.29) is 18.1 Å². The smallest absolute Gasteiger partial charge is 0.338 e. The highest BCUT2D eigenvalue weighted by Gasteiger charge is 2.17. The lowest BCUT2D eigenvalue weighted by molar-refractivity contribution is -0.125. The van der Waals surface area contributed by atoms with Gasteiger partial charge in [0.2, 0.25) is 0 Å². The Morgan fingerprint density at radius 1 is 1.12 bits per heavy atom. The van der Waals surface area contributed by atoms with Gasteiger partial charge < -0.3 is 19.5 Å². The van der Waals surface area contributed by atoms with Crippen LogP contribution in [0.2, 0.25) is 0 Å². The second-order valence-corrected chi connectivity index (χ2v) is 7.17. The fourth-order valence-electron chi connectivity index (χ4n) is 1.95. The van der Waals surface area contributed by atoms with Gasteiger partial charge in [0.25, 0.3) is 5.91 Å². The molecule has 6 heteroatoms. The molecule has 0 saturated carbocycles. The van der Waals surface area contributed by atoms with Crippen LogP contribution in [-0.2, 0) is 9.53 Å². The summed E-state index contributed by atoms with van der Waals surface area (Å²) in [7, 11) is 0. The number of nitrogens with one attached hydrogen (secondary N) is 1. The van der Waals surface area contributed by atoms with Gasteiger partial charge in [-0.15, -0.1) is 0 Å². The molecular weight excluding hydrogens is 322 g/mol. The van der Waals surface area contributed by atoms with Crippen molar-refractivity contribution in [3.8, 4) is 11.5 Å². The van der Waals surface area contributed by atoms with Gasteiger partial charge >= 0.3 is 5.97 Å². The quantitative estimate of drug-likeness (QED) is 0.728. The molecule has 0 bridgehead atoms. The third-order valence-electron chi connectivity index (χ3n) is 2.90. The molecule has 0 saturated heterocycles. The van der Waals surface area contributed by atoms with Crippen molar-refractivity contribution in [3.05, 3.63) is 23.8 Å². The molecule has 1 N–H and O–H groups in total. The SMILES string of the molecule is CCOc1cc(C(=O)OCC(=O)NC(C)(C)C)ccc1OCC(C)C. The van der Waals surface area contributed by atoms with Crippen LogP contribution in [0.3, 0.4) is 0 Å². The molecule has 0 aromatic heterocycles. The molecule has 1 aromatic carbocycles. The number of amides is 1. The van der Waals surface area contributed by atoms with E-state index in [4.69, 9.17) is 14.2 Å². The van der Waals surface area contributed by atoms with Gasteiger partial charge in [-0.2, -0.15) is 0 Å². The monoisotopic (exact) mass is 351 g/mol. The van der Waals surface area contributed by atoms with Crippen molar-refractivity contribution >= 4 is 11.9 Å². The number of hydrogen-bond donors (Lipinski definition) is 1. The minimum absolute atomic E-state index is 0.309. The largest absolute Gasteiger partial charge is 0.490 e. The van der Waals surface area contributed by atoms with Crippen LogP contribution in [0.1, 0.15) is 51.9 Å². The van der Waals surface area contributed by atoms with Crippen LogP contribution < -0.4 is 14.8 Å². The summed E-state index contributed by atoms with van der Waals surface area (Å²) in [6, 6.07) is 4.85. The van der Waals surface area contributed by atoms with Crippen LogP contribution in [-0.4, -0.2) is 37.2 Å². The first kappa shape index (κ1) is 20.8. The maximum atomic E-state index is 12.2. The van der Waals surface area contributed by atoms with Gasteiger partial charge in [0.15, 0.2) is 18.1 Å². The van der Waals surface area contributed by atoms with Crippen LogP contribution >= 0.6 is 0 Å². The Kier molecular flexibility index (Phi) is 7.74. The summed E-state index contributed by atoms with van der Waals surface area (Å²) in [5, 5.41) is 2.73. The van der Waals surface area contributed by atoms with E-state index in [1.165, 1.54) is 0 Å². The zero-order valence-corrected chi connectivity index (χ0v) is 16.0. The molecule has 0 atom stereocenters. The van der Waals surface area contributed by atoms with E-state index in [0.717, 1.165) is 0 Å². The minimum atomic E-state index is -0.583. The number of carbonyl (C=O) groups is 2. The number of rotatable bonds is 8. The van der Waals surface area contributed by atoms with E-state index >= 15 is 0 Å². The Morgan fingerprint density at radius 2 is 1.80 bits per heavy atom. The third kappa shape index (κ3) is 7.92. The minimum Gasteiger partial charge on any atom is -0.490 e. The van der Waals surface area contributed by atoms with Gasteiger partial charge in [0.05, 0.1) is 18.8 Å². The number of ether oxygens (including phenoxy) is 3. The van der Waals surface area contributed by atoms with Gasteiger partial charge in [-0.1, -0.05) is 13.8 Å². The molecule has 1 amide bonds. The van der Waals surface area contributed by atoms with Gasteiger partial charge in [0.1, 0.15) is 0 Å². The van der Waals surface area contributed by atoms with Crippen molar-refractivity contribution in [3.63, 3.8) is 0 Å². The lowest BCUT2D eigenvalue weighted by Crippen LogP contribution is -2.42. The molecule has 0 unspecified atom stereocenters. The van der Waals surface area contributed by atoms with Crippen LogP contribution in [0, 0.1) is 5.92 Å². The van der Waals surface area contributed by atoms with E-state index in [2.05, 4.69) is 19.2 Å². The topological polar surface area (TPSA) is 73.9 Å². The van der Waals surface area contributed by atoms with E-state index in [0.29, 0.717) is 36.2 Å². The first-order valence-electron chi connectivity index (χ1n) is 8.50. The van der Waals surface area contributed by atoms with E-state index in [1.54, 1.807) is 18.2 Å². The van der Waals surface area contributed by atoms with Gasteiger partial charge in [-0.3, -0.25) is 4.79 Å². The highest BCUT2D eigenvalue weighted by Crippen LogP contribution is 2.29. The average Bonchev–Trinajstić information content (AvgIpc) is 2.49. The molecule has 6 nitrogen and oxygen atoms in total. The Bertz CT molecular complexity index is 590. The maximum Gasteiger partial charge on any atom is 0.338 e. The fourth-order valence-corrected chi connectivity index (χ4v) is 1.95. The van der Waals surface area contributed by atoms with Crippen molar-refractivity contribution in [2.75, 3.05) is 19.8 Å². The summed E-state index contributed by atoms with van der Waals surface area (Å²) in [6.45, 7) is 12.2. The van der Waals surface area contributed by atoms with Gasteiger partial charge in [-0.05, 0) is 51.8 Å². The summed E-state index contributed by atoms with van der Waals surface area (Å²) >= 11 is 0. The number of benzene rings is 1. The lowest BCUT2D eigenvalue weighted by Gasteiger charge is -2.20. The first-order valence-corrected chi connectivity index (χ1v) is 8.50. The standard InChI is InChI=1S/C19H29NO5/c1-7-23-16-10-14(8-9-15(16)24-11-13(2)3)18(22)25-12-17(21)20-19(4,5)6/h8-10,13H,7,11-12H2,1-6H3,(H,20,21). The Morgan fingerprint density at radius 3 is 2.36 bits per heavy atom. The molecule has 140 valence electrons. The van der Waals surface area contributed by atoms with Crippen molar-refractivity contribution in [2.45, 2.75) is 47.1 Å². The Balaban J connectivity index is 2.75. The molecule has 0 aliphatic carbocycles. The second kappa shape index (κ2) is 9.30. The van der Waals surface area contributed by atoms with Crippen LogP contribution in [0.5, 0.6) is 11.5 Å². The van der Waals surface area contributed by atoms with Crippen LogP contribution in [0.25, 0.3) is 0 Å². The first-order chi connectivity index (χ1) is 11.6. The van der Waals surface area contributed by atoms with Crippen LogP contribution in [0.15, 0.2) is 18.2 Å². The molecule has 0 spiro atoms. The molecule has 0 radical (unpaired) electrons. The highest BCUT2D eigenvalue weighted by atomic mass is 16.5. The number of esters is 1. The third-order valence-corrected chi connectivity index (χ3v) is 2.90. The highest BCUT2D eigenvalue weighted by molar-refractivity contribution is 5.92. The number of carbonyl (C=O) groups excluding carboxylic acids is 2. The van der Waals surface area contributed by atoms with Gasteiger partial charge in [-0.25, -0.2) is 4.79 Å². The summed E-state index contributed by atoms with van der Waals surface area (Å²) in [5.74, 6) is 0.512. The van der Waals surface area contributed by atoms with Crippen LogP contribution in [0.4, 0.5) is 0 Å². The predicted molar refractivity (Wildman–Crippen MR) is 96.1 cm³/mol. The predicted octanol–water partition coefficient (Wildman–Crippen LogP) is 3.19. The van der Waals surface area contributed by atoms with Crippen molar-refractivity contribution in [1.82, 2.24) is 5.32 Å². The summed E-state index contributed by atoms with van der Waals surface area (Å²) in [4.78, 5) is 23.9. The normalized spacial score (nSPS) is 11.2.